The summed E-state index contributed by atoms with van der Waals surface area (Å²) in [5.74, 6) is -5.88. The molecule has 4 rings (SSSR count). The third-order valence-electron chi connectivity index (χ3n) is 7.28. The van der Waals surface area contributed by atoms with E-state index in [1.165, 1.54) is 56.3 Å². The molecule has 0 saturated heterocycles. The molecule has 0 spiro atoms. The number of carbonyl (C=O) groups is 4. The predicted octanol–water partition coefficient (Wildman–Crippen LogP) is 9.05. The Morgan fingerprint density at radius 1 is 0.500 bits per heavy atom. The molecular formula is C40H36F2O8. The monoisotopic (exact) mass is 682 g/mol. The molecule has 0 saturated carbocycles. The molecule has 258 valence electrons. The van der Waals surface area contributed by atoms with Gasteiger partial charge in [-0.2, -0.15) is 0 Å². The van der Waals surface area contributed by atoms with Crippen molar-refractivity contribution in [2.75, 3.05) is 0 Å². The van der Waals surface area contributed by atoms with E-state index in [0.717, 1.165) is 0 Å². The van der Waals surface area contributed by atoms with Gasteiger partial charge in [0.15, 0.2) is 34.6 Å². The zero-order chi connectivity index (χ0) is 36.9. The molecule has 0 radical (unpaired) electrons. The van der Waals surface area contributed by atoms with Crippen LogP contribution in [-0.4, -0.2) is 23.9 Å². The van der Waals surface area contributed by atoms with Crippen LogP contribution in [0.2, 0.25) is 0 Å². The second kappa shape index (κ2) is 15.5. The van der Waals surface area contributed by atoms with Gasteiger partial charge in [0.1, 0.15) is 0 Å². The van der Waals surface area contributed by atoms with Gasteiger partial charge in [-0.25, -0.2) is 18.4 Å². The summed E-state index contributed by atoms with van der Waals surface area (Å²) in [7, 11) is 0. The van der Waals surface area contributed by atoms with Crippen molar-refractivity contribution in [2.24, 2.45) is 11.8 Å². The molecule has 0 aliphatic heterocycles. The first kappa shape index (κ1) is 36.9. The summed E-state index contributed by atoms with van der Waals surface area (Å²) >= 11 is 0. The number of halogens is 2. The van der Waals surface area contributed by atoms with Gasteiger partial charge < -0.3 is 18.9 Å². The normalized spacial score (nSPS) is 10.8. The molecule has 0 fully saturated rings. The third-order valence-corrected chi connectivity index (χ3v) is 7.28. The number of ether oxygens (including phenoxy) is 4. The number of esters is 4. The topological polar surface area (TPSA) is 105 Å². The average Bonchev–Trinajstić information content (AvgIpc) is 3.07. The quantitative estimate of drug-likeness (QED) is 0.0877. The summed E-state index contributed by atoms with van der Waals surface area (Å²) in [6.07, 6.45) is 0. The zero-order valence-electron chi connectivity index (χ0n) is 28.5. The van der Waals surface area contributed by atoms with Gasteiger partial charge in [-0.05, 0) is 60.4 Å². The molecule has 0 aliphatic rings. The van der Waals surface area contributed by atoms with Crippen LogP contribution in [0, 0.1) is 23.5 Å². The first-order valence-electron chi connectivity index (χ1n) is 15.6. The molecule has 0 amide bonds. The molecule has 0 aliphatic carbocycles. The van der Waals surface area contributed by atoms with Crippen LogP contribution >= 0.6 is 0 Å². The fourth-order valence-corrected chi connectivity index (χ4v) is 4.36. The van der Waals surface area contributed by atoms with Crippen molar-refractivity contribution in [3.05, 3.63) is 109 Å². The van der Waals surface area contributed by atoms with E-state index in [4.69, 9.17) is 18.9 Å². The number of rotatable bonds is 11. The second-order valence-electron chi connectivity index (χ2n) is 12.2. The summed E-state index contributed by atoms with van der Waals surface area (Å²) in [5, 5.41) is 0. The third kappa shape index (κ3) is 8.57. The first-order valence-corrected chi connectivity index (χ1v) is 15.6. The molecule has 4 aromatic carbocycles. The number of benzene rings is 4. The fraction of sp³-hybridized carbons (Fsp3) is 0.200. The van der Waals surface area contributed by atoms with E-state index in [2.05, 4.69) is 13.2 Å². The Labute approximate surface area is 288 Å². The van der Waals surface area contributed by atoms with Gasteiger partial charge in [-0.1, -0.05) is 89.4 Å². The summed E-state index contributed by atoms with van der Waals surface area (Å²) in [4.78, 5) is 49.1. The maximum atomic E-state index is 15.6. The van der Waals surface area contributed by atoms with Crippen LogP contribution in [0.1, 0.15) is 41.5 Å². The van der Waals surface area contributed by atoms with Gasteiger partial charge in [0.2, 0.25) is 0 Å². The van der Waals surface area contributed by atoms with Gasteiger partial charge in [0, 0.05) is 22.3 Å². The summed E-state index contributed by atoms with van der Waals surface area (Å²) in [6.45, 7) is 16.7. The maximum Gasteiger partial charge on any atom is 0.338 e. The standard InChI is InChI=1S/C40H36F2O8/c1-21(2)37(43)47-31-17-13-27(19-33(31)49-39(45)23(5)6)25-9-11-26(12-10-25)29-15-16-30(36(42)35(29)41)28-14-18-32(48-38(44)22(3)4)34(20-28)50-40(46)24(7)8/h9-22H,5,7H2,1-4,6,8H3. The Morgan fingerprint density at radius 3 is 1.28 bits per heavy atom. The van der Waals surface area contributed by atoms with E-state index in [-0.39, 0.29) is 50.8 Å². The Balaban J connectivity index is 1.66. The smallest absolute Gasteiger partial charge is 0.338 e. The number of hydrogen-bond donors (Lipinski definition) is 0. The zero-order valence-corrected chi connectivity index (χ0v) is 28.5. The molecule has 50 heavy (non-hydrogen) atoms. The number of carbonyl (C=O) groups excluding carboxylic acids is 4. The van der Waals surface area contributed by atoms with Crippen LogP contribution in [0.25, 0.3) is 33.4 Å². The molecule has 0 N–H and O–H groups in total. The minimum Gasteiger partial charge on any atom is -0.422 e. The lowest BCUT2D eigenvalue weighted by Crippen LogP contribution is -2.16. The molecule has 0 bridgehead atoms. The Hall–Kier alpha value is -5.90. The molecule has 0 atom stereocenters. The molecular weight excluding hydrogens is 646 g/mol. The van der Waals surface area contributed by atoms with Crippen LogP contribution in [0.4, 0.5) is 8.78 Å². The van der Waals surface area contributed by atoms with Gasteiger partial charge in [0.05, 0.1) is 11.8 Å². The Morgan fingerprint density at radius 2 is 0.860 bits per heavy atom. The van der Waals surface area contributed by atoms with Crippen LogP contribution in [0.15, 0.2) is 97.1 Å². The predicted molar refractivity (Wildman–Crippen MR) is 185 cm³/mol. The lowest BCUT2D eigenvalue weighted by atomic mass is 9.96. The van der Waals surface area contributed by atoms with E-state index in [1.807, 2.05) is 0 Å². The molecule has 0 unspecified atom stereocenters. The second-order valence-corrected chi connectivity index (χ2v) is 12.2. The highest BCUT2D eigenvalue weighted by atomic mass is 19.2. The van der Waals surface area contributed by atoms with Crippen molar-refractivity contribution in [1.29, 1.82) is 0 Å². The molecule has 0 heterocycles. The van der Waals surface area contributed by atoms with Gasteiger partial charge >= 0.3 is 23.9 Å². The van der Waals surface area contributed by atoms with Crippen LogP contribution in [0.3, 0.4) is 0 Å². The Kier molecular flexibility index (Phi) is 11.5. The summed E-state index contributed by atoms with van der Waals surface area (Å²) in [6, 6.07) is 18.1. The van der Waals surface area contributed by atoms with Crippen LogP contribution < -0.4 is 18.9 Å². The molecule has 4 aromatic rings. The SMILES string of the molecule is C=C(C)C(=O)Oc1cc(-c2ccc(-c3ccc(-c4ccc(OC(=O)C(C)C)c(OC(=O)C(=C)C)c4)c(F)c3F)cc2)ccc1OC(=O)C(C)C. The fourth-order valence-electron chi connectivity index (χ4n) is 4.36. The van der Waals surface area contributed by atoms with Gasteiger partial charge in [-0.15, -0.1) is 0 Å². The largest absolute Gasteiger partial charge is 0.422 e. The molecule has 8 nitrogen and oxygen atoms in total. The maximum absolute atomic E-state index is 15.6. The van der Waals surface area contributed by atoms with E-state index in [9.17, 15) is 19.2 Å². The van der Waals surface area contributed by atoms with E-state index >= 15 is 8.78 Å². The van der Waals surface area contributed by atoms with Crippen molar-refractivity contribution >= 4 is 23.9 Å². The van der Waals surface area contributed by atoms with Crippen molar-refractivity contribution in [1.82, 2.24) is 0 Å². The average molecular weight is 683 g/mol. The van der Waals surface area contributed by atoms with Gasteiger partial charge in [0.25, 0.3) is 0 Å². The number of hydrogen-bond acceptors (Lipinski definition) is 8. The van der Waals surface area contributed by atoms with Crippen molar-refractivity contribution in [3.63, 3.8) is 0 Å². The lowest BCUT2D eigenvalue weighted by molar-refractivity contribution is -0.139. The summed E-state index contributed by atoms with van der Waals surface area (Å²) < 4.78 is 52.8. The highest BCUT2D eigenvalue weighted by Crippen LogP contribution is 2.38. The van der Waals surface area contributed by atoms with E-state index < -0.39 is 47.3 Å². The van der Waals surface area contributed by atoms with Crippen molar-refractivity contribution < 1.29 is 46.9 Å². The Bertz CT molecular complexity index is 2010. The minimum absolute atomic E-state index is 0.0127. The van der Waals surface area contributed by atoms with Crippen molar-refractivity contribution in [2.45, 2.75) is 41.5 Å². The molecule has 0 aromatic heterocycles. The minimum atomic E-state index is -1.15. The summed E-state index contributed by atoms with van der Waals surface area (Å²) in [5.41, 5.74) is 1.89. The molecule has 10 heteroatoms. The highest BCUT2D eigenvalue weighted by Gasteiger charge is 2.22. The first-order chi connectivity index (χ1) is 23.6. The highest BCUT2D eigenvalue weighted by molar-refractivity contribution is 5.90. The van der Waals surface area contributed by atoms with Gasteiger partial charge in [-0.3, -0.25) is 9.59 Å². The van der Waals surface area contributed by atoms with E-state index in [1.54, 1.807) is 58.0 Å². The van der Waals surface area contributed by atoms with E-state index in [0.29, 0.717) is 16.7 Å². The van der Waals surface area contributed by atoms with Crippen LogP contribution in [0.5, 0.6) is 23.0 Å². The van der Waals surface area contributed by atoms with Crippen molar-refractivity contribution in [3.8, 4) is 56.4 Å². The van der Waals surface area contributed by atoms with Crippen LogP contribution in [-0.2, 0) is 19.2 Å². The lowest BCUT2D eigenvalue weighted by Gasteiger charge is -2.15.